The molecule has 9 nitrogen and oxygen atoms in total. The van der Waals surface area contributed by atoms with Crippen LogP contribution in [0, 0.1) is 0 Å². The van der Waals surface area contributed by atoms with Crippen LogP contribution < -0.4 is 16.0 Å². The van der Waals surface area contributed by atoms with Crippen molar-refractivity contribution in [2.45, 2.75) is 51.0 Å². The van der Waals surface area contributed by atoms with Gasteiger partial charge in [0.2, 0.25) is 0 Å². The molecule has 1 saturated carbocycles. The maximum absolute atomic E-state index is 12.2. The fourth-order valence-corrected chi connectivity index (χ4v) is 3.58. The summed E-state index contributed by atoms with van der Waals surface area (Å²) in [6.45, 7) is 0.170. The number of rotatable bonds is 7. The number of carboxylic acid groups (broad SMARTS) is 1. The summed E-state index contributed by atoms with van der Waals surface area (Å²) in [6, 6.07) is 4.87. The molecule has 1 aromatic carbocycles. The fraction of sp³-hybridized carbons (Fsp3) is 0.429. The van der Waals surface area contributed by atoms with Gasteiger partial charge in [-0.25, -0.2) is 9.78 Å². The largest absolute Gasteiger partial charge is 0.505 e. The minimum Gasteiger partial charge on any atom is -0.505 e. The van der Waals surface area contributed by atoms with Gasteiger partial charge in [0.15, 0.2) is 11.4 Å². The summed E-state index contributed by atoms with van der Waals surface area (Å²) in [5, 5.41) is 28.4. The number of aromatic nitrogens is 1. The number of nitrogens with one attached hydrogen (secondary N) is 3. The van der Waals surface area contributed by atoms with Gasteiger partial charge in [-0.2, -0.15) is 0 Å². The van der Waals surface area contributed by atoms with Crippen LogP contribution in [-0.2, 0) is 4.79 Å². The summed E-state index contributed by atoms with van der Waals surface area (Å²) >= 11 is 0. The Bertz CT molecular complexity index is 940. The van der Waals surface area contributed by atoms with Gasteiger partial charge in [0.25, 0.3) is 5.91 Å². The molecule has 160 valence electrons. The predicted octanol–water partition coefficient (Wildman–Crippen LogP) is 2.99. The van der Waals surface area contributed by atoms with Crippen molar-refractivity contribution in [2.75, 3.05) is 11.9 Å². The third-order valence-electron chi connectivity index (χ3n) is 5.13. The Balaban J connectivity index is 1.64. The number of aliphatic carboxylic acids is 1. The quantitative estimate of drug-likeness (QED) is 0.441. The van der Waals surface area contributed by atoms with Gasteiger partial charge in [0.05, 0.1) is 0 Å². The molecule has 3 rings (SSSR count). The highest BCUT2D eigenvalue weighted by Gasteiger charge is 2.17. The molecule has 1 heterocycles. The van der Waals surface area contributed by atoms with Crippen molar-refractivity contribution < 1.29 is 24.6 Å². The third-order valence-corrected chi connectivity index (χ3v) is 5.13. The molecule has 5 N–H and O–H groups in total. The number of amides is 3. The van der Waals surface area contributed by atoms with Gasteiger partial charge < -0.3 is 26.2 Å². The van der Waals surface area contributed by atoms with E-state index in [-0.39, 0.29) is 42.9 Å². The third kappa shape index (κ3) is 5.59. The average Bonchev–Trinajstić information content (AvgIpc) is 2.72. The standard InChI is InChI=1S/C21H26N4O5/c26-17(27)7-4-10-22-20(29)18-19(28)16-9-8-15(11-13(16)12-23-18)25-21(30)24-14-5-2-1-3-6-14/h8-9,11-12,14,28H,1-7,10H2,(H,22,29)(H,26,27)(H2,24,25,30). The van der Waals surface area contributed by atoms with E-state index in [9.17, 15) is 19.5 Å². The summed E-state index contributed by atoms with van der Waals surface area (Å²) in [6.07, 6.45) is 7.13. The van der Waals surface area contributed by atoms with Crippen molar-refractivity contribution in [1.82, 2.24) is 15.6 Å². The van der Waals surface area contributed by atoms with Crippen LogP contribution in [0.25, 0.3) is 10.8 Å². The van der Waals surface area contributed by atoms with E-state index in [1.54, 1.807) is 18.2 Å². The second kappa shape index (κ2) is 9.91. The normalized spacial score (nSPS) is 14.3. The van der Waals surface area contributed by atoms with E-state index in [2.05, 4.69) is 20.9 Å². The van der Waals surface area contributed by atoms with Crippen LogP contribution in [-0.4, -0.2) is 45.7 Å². The highest BCUT2D eigenvalue weighted by atomic mass is 16.4. The van der Waals surface area contributed by atoms with E-state index in [0.29, 0.717) is 16.5 Å². The van der Waals surface area contributed by atoms with Crippen LogP contribution in [0.1, 0.15) is 55.4 Å². The molecule has 0 aliphatic heterocycles. The number of urea groups is 1. The highest BCUT2D eigenvalue weighted by Crippen LogP contribution is 2.29. The fourth-order valence-electron chi connectivity index (χ4n) is 3.58. The Morgan fingerprint density at radius 1 is 1.13 bits per heavy atom. The second-order valence-corrected chi connectivity index (χ2v) is 7.44. The van der Waals surface area contributed by atoms with Crippen LogP contribution in [0.3, 0.4) is 0 Å². The number of hydrogen-bond donors (Lipinski definition) is 5. The lowest BCUT2D eigenvalue weighted by Gasteiger charge is -2.22. The Morgan fingerprint density at radius 3 is 2.63 bits per heavy atom. The van der Waals surface area contributed by atoms with Crippen molar-refractivity contribution in [3.63, 3.8) is 0 Å². The number of fused-ring (bicyclic) bond motifs is 1. The van der Waals surface area contributed by atoms with Crippen LogP contribution in [0.4, 0.5) is 10.5 Å². The topological polar surface area (TPSA) is 141 Å². The van der Waals surface area contributed by atoms with E-state index in [1.807, 2.05) is 0 Å². The monoisotopic (exact) mass is 414 g/mol. The van der Waals surface area contributed by atoms with Gasteiger partial charge in [-0.15, -0.1) is 0 Å². The molecule has 0 saturated heterocycles. The van der Waals surface area contributed by atoms with Crippen LogP contribution >= 0.6 is 0 Å². The lowest BCUT2D eigenvalue weighted by Crippen LogP contribution is -2.38. The first kappa shape index (κ1) is 21.4. The molecule has 0 bridgehead atoms. The van der Waals surface area contributed by atoms with Crippen molar-refractivity contribution in [1.29, 1.82) is 0 Å². The molecule has 1 aromatic heterocycles. The zero-order chi connectivity index (χ0) is 21.5. The maximum Gasteiger partial charge on any atom is 0.319 e. The number of carbonyl (C=O) groups excluding carboxylic acids is 2. The van der Waals surface area contributed by atoms with Crippen LogP contribution in [0.5, 0.6) is 5.75 Å². The number of aromatic hydroxyl groups is 1. The van der Waals surface area contributed by atoms with Crippen molar-refractivity contribution in [3.05, 3.63) is 30.1 Å². The molecular formula is C21H26N4O5. The molecule has 1 aliphatic rings. The highest BCUT2D eigenvalue weighted by molar-refractivity contribution is 6.02. The Morgan fingerprint density at radius 2 is 1.90 bits per heavy atom. The number of pyridine rings is 1. The molecule has 1 fully saturated rings. The lowest BCUT2D eigenvalue weighted by atomic mass is 9.96. The first-order valence-electron chi connectivity index (χ1n) is 10.1. The van der Waals surface area contributed by atoms with E-state index < -0.39 is 11.9 Å². The number of carbonyl (C=O) groups is 3. The molecular weight excluding hydrogens is 388 g/mol. The molecule has 0 unspecified atom stereocenters. The Labute approximate surface area is 173 Å². The van der Waals surface area contributed by atoms with Crippen LogP contribution in [0.2, 0.25) is 0 Å². The molecule has 0 radical (unpaired) electrons. The SMILES string of the molecule is O=C(O)CCCNC(=O)c1ncc2cc(NC(=O)NC3CCCCC3)ccc2c1O. The van der Waals surface area contributed by atoms with E-state index in [0.717, 1.165) is 25.7 Å². The molecule has 9 heteroatoms. The summed E-state index contributed by atoms with van der Waals surface area (Å²) in [5.74, 6) is -1.77. The van der Waals surface area contributed by atoms with Crippen molar-refractivity contribution >= 4 is 34.4 Å². The molecule has 2 aromatic rings. The molecule has 1 aliphatic carbocycles. The maximum atomic E-state index is 12.2. The number of anilines is 1. The van der Waals surface area contributed by atoms with Crippen molar-refractivity contribution in [3.8, 4) is 5.75 Å². The van der Waals surface area contributed by atoms with Crippen molar-refractivity contribution in [2.24, 2.45) is 0 Å². The number of nitrogens with zero attached hydrogens (tertiary/aromatic N) is 1. The van der Waals surface area contributed by atoms with E-state index in [1.165, 1.54) is 12.6 Å². The predicted molar refractivity (Wildman–Crippen MR) is 112 cm³/mol. The molecule has 0 atom stereocenters. The van der Waals surface area contributed by atoms with Gasteiger partial charge in [-0.1, -0.05) is 19.3 Å². The summed E-state index contributed by atoms with van der Waals surface area (Å²) in [5.41, 5.74) is 0.427. The summed E-state index contributed by atoms with van der Waals surface area (Å²) in [7, 11) is 0. The zero-order valence-electron chi connectivity index (χ0n) is 16.6. The molecule has 3 amide bonds. The smallest absolute Gasteiger partial charge is 0.319 e. The van der Waals surface area contributed by atoms with Gasteiger partial charge in [0, 0.05) is 41.7 Å². The minimum atomic E-state index is -0.937. The number of benzene rings is 1. The van der Waals surface area contributed by atoms with E-state index >= 15 is 0 Å². The Kier molecular flexibility index (Phi) is 7.05. The van der Waals surface area contributed by atoms with Gasteiger partial charge in [-0.05, 0) is 37.5 Å². The first-order valence-corrected chi connectivity index (χ1v) is 10.1. The van der Waals surface area contributed by atoms with Gasteiger partial charge >= 0.3 is 12.0 Å². The number of hydrogen-bond acceptors (Lipinski definition) is 5. The Hall–Kier alpha value is -3.36. The van der Waals surface area contributed by atoms with Gasteiger partial charge in [0.1, 0.15) is 0 Å². The number of carboxylic acids is 1. The molecule has 30 heavy (non-hydrogen) atoms. The second-order valence-electron chi connectivity index (χ2n) is 7.44. The summed E-state index contributed by atoms with van der Waals surface area (Å²) in [4.78, 5) is 39.0. The lowest BCUT2D eigenvalue weighted by molar-refractivity contribution is -0.137. The van der Waals surface area contributed by atoms with Gasteiger partial charge in [-0.3, -0.25) is 9.59 Å². The van der Waals surface area contributed by atoms with Crippen LogP contribution in [0.15, 0.2) is 24.4 Å². The summed E-state index contributed by atoms with van der Waals surface area (Å²) < 4.78 is 0. The minimum absolute atomic E-state index is 0.0541. The zero-order valence-corrected chi connectivity index (χ0v) is 16.6. The molecule has 0 spiro atoms. The van der Waals surface area contributed by atoms with E-state index in [4.69, 9.17) is 5.11 Å². The average molecular weight is 414 g/mol. The first-order chi connectivity index (χ1) is 14.4.